The molecule has 0 aromatic carbocycles. The maximum atomic E-state index is 2.49. The summed E-state index contributed by atoms with van der Waals surface area (Å²) in [5, 5.41) is 0. The lowest BCUT2D eigenvalue weighted by Gasteiger charge is -2.16. The van der Waals surface area contributed by atoms with Crippen LogP contribution in [0.25, 0.3) is 0 Å². The first-order valence-electron chi connectivity index (χ1n) is 5.58. The van der Waals surface area contributed by atoms with Crippen LogP contribution in [0.2, 0.25) is 0 Å². The predicted octanol–water partition coefficient (Wildman–Crippen LogP) is 4.10. The van der Waals surface area contributed by atoms with Crippen molar-refractivity contribution in [3.05, 3.63) is 0 Å². The van der Waals surface area contributed by atoms with Crippen molar-refractivity contribution >= 4 is 0 Å². The smallest absolute Gasteiger partial charge is 0.0241 e. The molecular formula is C12H24. The van der Waals surface area contributed by atoms with E-state index in [1.165, 1.54) is 19.3 Å². The minimum absolute atomic E-state index is 0.685. The highest BCUT2D eigenvalue weighted by atomic mass is 14.6. The van der Waals surface area contributed by atoms with Gasteiger partial charge >= 0.3 is 0 Å². The summed E-state index contributed by atoms with van der Waals surface area (Å²) in [5.41, 5.74) is 0.685. The van der Waals surface area contributed by atoms with Gasteiger partial charge in [-0.15, -0.1) is 0 Å². The fraction of sp³-hybridized carbons (Fsp3) is 1.00. The topological polar surface area (TPSA) is 0 Å². The summed E-state index contributed by atoms with van der Waals surface area (Å²) in [7, 11) is 0. The van der Waals surface area contributed by atoms with E-state index in [-0.39, 0.29) is 0 Å². The molecule has 1 fully saturated rings. The molecule has 0 aliphatic heterocycles. The van der Waals surface area contributed by atoms with Crippen LogP contribution in [-0.4, -0.2) is 0 Å². The molecule has 0 bridgehead atoms. The molecule has 0 heteroatoms. The van der Waals surface area contributed by atoms with E-state index in [1.54, 1.807) is 0 Å². The third-order valence-electron chi connectivity index (χ3n) is 4.26. The van der Waals surface area contributed by atoms with Gasteiger partial charge in [0.25, 0.3) is 0 Å². The van der Waals surface area contributed by atoms with E-state index < -0.39 is 0 Å². The molecule has 0 aromatic rings. The Kier molecular flexibility index (Phi) is 2.85. The number of rotatable bonds is 4. The second-order valence-corrected chi connectivity index (χ2v) is 4.93. The van der Waals surface area contributed by atoms with Gasteiger partial charge < -0.3 is 0 Å². The van der Waals surface area contributed by atoms with Gasteiger partial charge in [0, 0.05) is 0 Å². The van der Waals surface area contributed by atoms with E-state index >= 15 is 0 Å². The van der Waals surface area contributed by atoms with Crippen molar-refractivity contribution in [3.8, 4) is 0 Å². The molecule has 72 valence electrons. The van der Waals surface area contributed by atoms with Crippen LogP contribution in [0, 0.1) is 23.2 Å². The maximum Gasteiger partial charge on any atom is -0.0241 e. The zero-order valence-corrected chi connectivity index (χ0v) is 9.35. The molecule has 1 aliphatic rings. The Balaban J connectivity index is 2.56. The summed E-state index contributed by atoms with van der Waals surface area (Å²) in [6.45, 7) is 11.9. The van der Waals surface area contributed by atoms with Crippen LogP contribution in [0.4, 0.5) is 0 Å². The molecule has 1 aliphatic carbocycles. The molecule has 3 atom stereocenters. The molecule has 0 spiro atoms. The van der Waals surface area contributed by atoms with Crippen molar-refractivity contribution in [3.63, 3.8) is 0 Å². The lowest BCUT2D eigenvalue weighted by molar-refractivity contribution is 0.330. The molecule has 1 saturated carbocycles. The Morgan fingerprint density at radius 1 is 1.17 bits per heavy atom. The second-order valence-electron chi connectivity index (χ2n) is 4.93. The van der Waals surface area contributed by atoms with E-state index in [2.05, 4.69) is 34.6 Å². The number of hydrogen-bond acceptors (Lipinski definition) is 0. The molecule has 0 N–H and O–H groups in total. The van der Waals surface area contributed by atoms with Gasteiger partial charge in [0.1, 0.15) is 0 Å². The van der Waals surface area contributed by atoms with Gasteiger partial charge in [0.05, 0.1) is 0 Å². The molecule has 0 heterocycles. The predicted molar refractivity (Wildman–Crippen MR) is 55.1 cm³/mol. The maximum absolute atomic E-state index is 2.49. The zero-order chi connectivity index (χ0) is 9.35. The van der Waals surface area contributed by atoms with Crippen molar-refractivity contribution < 1.29 is 0 Å². The fourth-order valence-corrected chi connectivity index (χ4v) is 3.13. The molecule has 0 radical (unpaired) electrons. The van der Waals surface area contributed by atoms with Crippen LogP contribution in [0.15, 0.2) is 0 Å². The van der Waals surface area contributed by atoms with Gasteiger partial charge in [-0.25, -0.2) is 0 Å². The Morgan fingerprint density at radius 2 is 1.75 bits per heavy atom. The van der Waals surface area contributed by atoms with Crippen LogP contribution < -0.4 is 0 Å². The average Bonchev–Trinajstić information content (AvgIpc) is 2.59. The highest BCUT2D eigenvalue weighted by molar-refractivity contribution is 5.07. The first kappa shape index (κ1) is 10.1. The lowest BCUT2D eigenvalue weighted by Crippen LogP contribution is -2.09. The van der Waals surface area contributed by atoms with Gasteiger partial charge in [-0.05, 0) is 29.6 Å². The summed E-state index contributed by atoms with van der Waals surface area (Å²) in [6.07, 6.45) is 4.20. The third-order valence-corrected chi connectivity index (χ3v) is 4.26. The van der Waals surface area contributed by atoms with Crippen LogP contribution in [-0.2, 0) is 0 Å². The van der Waals surface area contributed by atoms with E-state index in [4.69, 9.17) is 0 Å². The molecule has 0 saturated heterocycles. The SMILES string of the molecule is CCCC1C(CC)C1(C)C(C)C. The van der Waals surface area contributed by atoms with Crippen LogP contribution in [0.5, 0.6) is 0 Å². The molecule has 0 nitrogen and oxygen atoms in total. The standard InChI is InChI=1S/C12H24/c1-6-8-11-10(7-2)12(11,5)9(3)4/h9-11H,6-8H2,1-5H3. The van der Waals surface area contributed by atoms with Crippen molar-refractivity contribution in [2.45, 2.75) is 53.9 Å². The van der Waals surface area contributed by atoms with Crippen LogP contribution in [0.3, 0.4) is 0 Å². The lowest BCUT2D eigenvalue weighted by atomic mass is 9.89. The highest BCUT2D eigenvalue weighted by Crippen LogP contribution is 2.66. The molecular weight excluding hydrogens is 144 g/mol. The van der Waals surface area contributed by atoms with Gasteiger partial charge in [-0.1, -0.05) is 47.5 Å². The largest absolute Gasteiger partial charge is 0.0654 e. The quantitative estimate of drug-likeness (QED) is 0.592. The first-order valence-corrected chi connectivity index (χ1v) is 5.58. The zero-order valence-electron chi connectivity index (χ0n) is 9.35. The summed E-state index contributed by atoms with van der Waals surface area (Å²) in [6, 6.07) is 0. The molecule has 0 amide bonds. The highest BCUT2D eigenvalue weighted by Gasteiger charge is 2.59. The average molecular weight is 168 g/mol. The first-order chi connectivity index (χ1) is 5.58. The fourth-order valence-electron chi connectivity index (χ4n) is 3.13. The Bertz CT molecular complexity index is 148. The van der Waals surface area contributed by atoms with E-state index in [1.807, 2.05) is 0 Å². The van der Waals surface area contributed by atoms with E-state index in [9.17, 15) is 0 Å². The molecule has 0 aromatic heterocycles. The third kappa shape index (κ3) is 1.30. The Labute approximate surface area is 77.7 Å². The summed E-state index contributed by atoms with van der Waals surface area (Å²) < 4.78 is 0. The normalized spacial score (nSPS) is 40.5. The molecule has 3 unspecified atom stereocenters. The van der Waals surface area contributed by atoms with E-state index in [0.29, 0.717) is 5.41 Å². The minimum Gasteiger partial charge on any atom is -0.0654 e. The van der Waals surface area contributed by atoms with Gasteiger partial charge in [-0.3, -0.25) is 0 Å². The Hall–Kier alpha value is 0. The molecule has 12 heavy (non-hydrogen) atoms. The summed E-state index contributed by atoms with van der Waals surface area (Å²) >= 11 is 0. The van der Waals surface area contributed by atoms with Crippen molar-refractivity contribution in [2.75, 3.05) is 0 Å². The van der Waals surface area contributed by atoms with Crippen molar-refractivity contribution in [1.82, 2.24) is 0 Å². The second kappa shape index (κ2) is 3.40. The van der Waals surface area contributed by atoms with Crippen LogP contribution in [0.1, 0.15) is 53.9 Å². The van der Waals surface area contributed by atoms with Gasteiger partial charge in [0.2, 0.25) is 0 Å². The van der Waals surface area contributed by atoms with Crippen molar-refractivity contribution in [2.24, 2.45) is 23.2 Å². The van der Waals surface area contributed by atoms with Gasteiger partial charge in [-0.2, -0.15) is 0 Å². The Morgan fingerprint density at radius 3 is 2.00 bits per heavy atom. The van der Waals surface area contributed by atoms with Crippen molar-refractivity contribution in [1.29, 1.82) is 0 Å². The number of hydrogen-bond donors (Lipinski definition) is 0. The summed E-state index contributed by atoms with van der Waals surface area (Å²) in [4.78, 5) is 0. The monoisotopic (exact) mass is 168 g/mol. The summed E-state index contributed by atoms with van der Waals surface area (Å²) in [5.74, 6) is 2.93. The van der Waals surface area contributed by atoms with Gasteiger partial charge in [0.15, 0.2) is 0 Å². The van der Waals surface area contributed by atoms with Crippen LogP contribution >= 0.6 is 0 Å². The van der Waals surface area contributed by atoms with E-state index in [0.717, 1.165) is 17.8 Å². The minimum atomic E-state index is 0.685. The molecule has 1 rings (SSSR count).